The Morgan fingerprint density at radius 1 is 1.64 bits per heavy atom. The van der Waals surface area contributed by atoms with Crippen LogP contribution in [0.1, 0.15) is 40.0 Å². The van der Waals surface area contributed by atoms with E-state index >= 15 is 0 Å². The molecule has 1 aliphatic rings. The summed E-state index contributed by atoms with van der Waals surface area (Å²) >= 11 is 0. The van der Waals surface area contributed by atoms with Gasteiger partial charge in [-0.1, -0.05) is 32.1 Å². The van der Waals surface area contributed by atoms with E-state index in [0.717, 1.165) is 6.42 Å². The molecule has 0 heterocycles. The first-order valence-corrected chi connectivity index (χ1v) is 5.32. The Morgan fingerprint density at radius 2 is 2.29 bits per heavy atom. The molecule has 1 amide bonds. The summed E-state index contributed by atoms with van der Waals surface area (Å²) in [5.41, 5.74) is 1.37. The van der Waals surface area contributed by atoms with Crippen molar-refractivity contribution in [3.63, 3.8) is 0 Å². The van der Waals surface area contributed by atoms with Crippen LogP contribution in [0.25, 0.3) is 0 Å². The monoisotopic (exact) mass is 195 g/mol. The third kappa shape index (κ3) is 4.85. The first-order chi connectivity index (χ1) is 6.72. The molecule has 0 aromatic heterocycles. The Kier molecular flexibility index (Phi) is 6.81. The molecule has 0 aliphatic heterocycles. The van der Waals surface area contributed by atoms with Crippen LogP contribution in [0.4, 0.5) is 0 Å². The van der Waals surface area contributed by atoms with Crippen molar-refractivity contribution in [2.45, 2.75) is 46.1 Å². The van der Waals surface area contributed by atoms with Gasteiger partial charge in [-0.15, -0.1) is 0 Å². The van der Waals surface area contributed by atoms with Gasteiger partial charge in [0.2, 0.25) is 5.91 Å². The minimum absolute atomic E-state index is 0.0778. The van der Waals surface area contributed by atoms with Crippen LogP contribution in [-0.4, -0.2) is 11.9 Å². The molecule has 0 spiro atoms. The maximum Gasteiger partial charge on any atom is 0.243 e. The van der Waals surface area contributed by atoms with Crippen molar-refractivity contribution in [2.24, 2.45) is 0 Å². The molecule has 0 bridgehead atoms. The summed E-state index contributed by atoms with van der Waals surface area (Å²) in [6.07, 6.45) is 6.84. The quantitative estimate of drug-likeness (QED) is 0.533. The molecule has 0 fully saturated rings. The number of nitrogens with one attached hydrogen (secondary N) is 1. The van der Waals surface area contributed by atoms with Gasteiger partial charge in [-0.2, -0.15) is 0 Å². The molecule has 80 valence electrons. The molecule has 0 saturated carbocycles. The third-order valence-electron chi connectivity index (χ3n) is 2.08. The summed E-state index contributed by atoms with van der Waals surface area (Å²) in [4.78, 5) is 10.9. The highest BCUT2D eigenvalue weighted by molar-refractivity contribution is 5.87. The van der Waals surface area contributed by atoms with Crippen LogP contribution >= 0.6 is 0 Å². The van der Waals surface area contributed by atoms with Gasteiger partial charge in [0.25, 0.3) is 0 Å². The second kappa shape index (κ2) is 7.36. The van der Waals surface area contributed by atoms with E-state index in [-0.39, 0.29) is 11.9 Å². The Morgan fingerprint density at radius 3 is 2.79 bits per heavy atom. The van der Waals surface area contributed by atoms with Crippen LogP contribution in [0.15, 0.2) is 24.3 Å². The largest absolute Gasteiger partial charge is 0.346 e. The van der Waals surface area contributed by atoms with Crippen LogP contribution < -0.4 is 5.32 Å². The first kappa shape index (κ1) is 12.9. The van der Waals surface area contributed by atoms with Gasteiger partial charge in [-0.25, -0.2) is 0 Å². The van der Waals surface area contributed by atoms with Gasteiger partial charge in [-0.3, -0.25) is 4.79 Å². The van der Waals surface area contributed by atoms with Gasteiger partial charge in [-0.05, 0) is 32.3 Å². The smallest absolute Gasteiger partial charge is 0.243 e. The average Bonchev–Trinajstić information content (AvgIpc) is 2.21. The minimum atomic E-state index is -0.0778. The molecule has 0 radical (unpaired) electrons. The van der Waals surface area contributed by atoms with Gasteiger partial charge in [0.15, 0.2) is 0 Å². The zero-order chi connectivity index (χ0) is 11.0. The molecule has 0 saturated heterocycles. The molecule has 0 aromatic carbocycles. The number of amides is 1. The van der Waals surface area contributed by atoms with Crippen molar-refractivity contribution < 1.29 is 4.79 Å². The fourth-order valence-corrected chi connectivity index (χ4v) is 1.47. The number of hydrogen-bond acceptors (Lipinski definition) is 1. The molecule has 1 aliphatic carbocycles. The van der Waals surface area contributed by atoms with Crippen molar-refractivity contribution in [1.82, 2.24) is 5.32 Å². The van der Waals surface area contributed by atoms with Crippen LogP contribution in [0.3, 0.4) is 0 Å². The highest BCUT2D eigenvalue weighted by Crippen LogP contribution is 2.16. The Balaban J connectivity index is 0.000000791. The molecule has 14 heavy (non-hydrogen) atoms. The van der Waals surface area contributed by atoms with Crippen LogP contribution in [-0.2, 0) is 4.79 Å². The van der Waals surface area contributed by atoms with E-state index in [9.17, 15) is 4.79 Å². The third-order valence-corrected chi connectivity index (χ3v) is 2.08. The van der Waals surface area contributed by atoms with E-state index in [1.807, 2.05) is 13.8 Å². The lowest BCUT2D eigenvalue weighted by atomic mass is 9.97. The van der Waals surface area contributed by atoms with E-state index in [4.69, 9.17) is 0 Å². The average molecular weight is 195 g/mol. The molecule has 1 N–H and O–H groups in total. The normalized spacial score (nSPS) is 19.9. The van der Waals surface area contributed by atoms with E-state index < -0.39 is 0 Å². The zero-order valence-electron chi connectivity index (χ0n) is 9.47. The SMILES string of the molecule is C=CC(=O)NC1C=C(C)CCC1.CC. The van der Waals surface area contributed by atoms with Crippen molar-refractivity contribution in [1.29, 1.82) is 0 Å². The van der Waals surface area contributed by atoms with E-state index in [2.05, 4.69) is 24.9 Å². The number of rotatable bonds is 2. The van der Waals surface area contributed by atoms with Gasteiger partial charge >= 0.3 is 0 Å². The summed E-state index contributed by atoms with van der Waals surface area (Å²) < 4.78 is 0. The molecular weight excluding hydrogens is 174 g/mol. The minimum Gasteiger partial charge on any atom is -0.346 e. The van der Waals surface area contributed by atoms with Crippen LogP contribution in [0.5, 0.6) is 0 Å². The Labute approximate surface area is 87.1 Å². The van der Waals surface area contributed by atoms with Gasteiger partial charge < -0.3 is 5.32 Å². The maximum absolute atomic E-state index is 10.9. The van der Waals surface area contributed by atoms with Crippen LogP contribution in [0.2, 0.25) is 0 Å². The van der Waals surface area contributed by atoms with Crippen molar-refractivity contribution in [3.8, 4) is 0 Å². The number of carbonyl (C=O) groups excluding carboxylic acids is 1. The highest BCUT2D eigenvalue weighted by Gasteiger charge is 2.11. The molecule has 0 aromatic rings. The lowest BCUT2D eigenvalue weighted by Gasteiger charge is -2.19. The topological polar surface area (TPSA) is 29.1 Å². The standard InChI is InChI=1S/C10H15NO.C2H6/c1-3-10(12)11-9-6-4-5-8(2)7-9;1-2/h3,7,9H,1,4-6H2,2H3,(H,11,12);1-2H3. The number of allylic oxidation sites excluding steroid dienone is 1. The van der Waals surface area contributed by atoms with Crippen LogP contribution in [0, 0.1) is 0 Å². The molecule has 2 heteroatoms. The highest BCUT2D eigenvalue weighted by atomic mass is 16.1. The maximum atomic E-state index is 10.9. The van der Waals surface area contributed by atoms with E-state index in [0.29, 0.717) is 0 Å². The van der Waals surface area contributed by atoms with E-state index in [1.165, 1.54) is 24.5 Å². The summed E-state index contributed by atoms with van der Waals surface area (Å²) in [6, 6.07) is 0.226. The molecule has 1 atom stereocenters. The lowest BCUT2D eigenvalue weighted by Crippen LogP contribution is -2.33. The molecule has 1 rings (SSSR count). The Hall–Kier alpha value is -1.05. The van der Waals surface area contributed by atoms with Crippen molar-refractivity contribution >= 4 is 5.91 Å². The van der Waals surface area contributed by atoms with Gasteiger partial charge in [0.1, 0.15) is 0 Å². The predicted octanol–water partition coefficient (Wildman–Crippen LogP) is 2.81. The summed E-state index contributed by atoms with van der Waals surface area (Å²) in [5.74, 6) is -0.0778. The fraction of sp³-hybridized carbons (Fsp3) is 0.583. The zero-order valence-corrected chi connectivity index (χ0v) is 9.47. The molecule has 2 nitrogen and oxygen atoms in total. The van der Waals surface area contributed by atoms with Gasteiger partial charge in [0, 0.05) is 6.04 Å². The second-order valence-electron chi connectivity index (χ2n) is 3.22. The predicted molar refractivity (Wildman–Crippen MR) is 61.1 cm³/mol. The lowest BCUT2D eigenvalue weighted by molar-refractivity contribution is -0.116. The summed E-state index contributed by atoms with van der Waals surface area (Å²) in [5, 5.41) is 2.87. The first-order valence-electron chi connectivity index (χ1n) is 5.32. The number of hydrogen-bond donors (Lipinski definition) is 1. The van der Waals surface area contributed by atoms with E-state index in [1.54, 1.807) is 0 Å². The summed E-state index contributed by atoms with van der Waals surface area (Å²) in [7, 11) is 0. The van der Waals surface area contributed by atoms with Crippen molar-refractivity contribution in [2.75, 3.05) is 0 Å². The number of carbonyl (C=O) groups is 1. The molecule has 1 unspecified atom stereocenters. The Bertz CT molecular complexity index is 218. The summed E-state index contributed by atoms with van der Waals surface area (Å²) in [6.45, 7) is 9.52. The van der Waals surface area contributed by atoms with Crippen molar-refractivity contribution in [3.05, 3.63) is 24.3 Å². The van der Waals surface area contributed by atoms with Gasteiger partial charge in [0.05, 0.1) is 0 Å². The second-order valence-corrected chi connectivity index (χ2v) is 3.22. The fourth-order valence-electron chi connectivity index (χ4n) is 1.47. The molecular formula is C12H21NO.